The predicted molar refractivity (Wildman–Crippen MR) is 37.5 cm³/mol. The molecule has 0 aromatic carbocycles. The summed E-state index contributed by atoms with van der Waals surface area (Å²) in [5.41, 5.74) is 0.553. The molecule has 55 valence electrons. The van der Waals surface area contributed by atoms with Crippen molar-refractivity contribution in [2.75, 3.05) is 0 Å². The van der Waals surface area contributed by atoms with Crippen LogP contribution in [0.25, 0.3) is 0 Å². The second kappa shape index (κ2) is 2.05. The molecule has 1 aliphatic heterocycles. The van der Waals surface area contributed by atoms with Crippen LogP contribution in [0, 0.1) is 5.92 Å². The smallest absolute Gasteiger partial charge is 0.272 e. The van der Waals surface area contributed by atoms with E-state index in [0.29, 0.717) is 12.0 Å². The highest BCUT2D eigenvalue weighted by Gasteiger charge is 2.37. The summed E-state index contributed by atoms with van der Waals surface area (Å²) in [6.07, 6.45) is 5.96. The van der Waals surface area contributed by atoms with E-state index in [2.05, 4.69) is 5.32 Å². The van der Waals surface area contributed by atoms with Gasteiger partial charge in [-0.1, -0.05) is 18.2 Å². The molecule has 1 fully saturated rings. The quantitative estimate of drug-likeness (QED) is 0.459. The van der Waals surface area contributed by atoms with Crippen LogP contribution < -0.4 is 5.32 Å². The van der Waals surface area contributed by atoms with Gasteiger partial charge in [-0.15, -0.1) is 0 Å². The highest BCUT2D eigenvalue weighted by Crippen LogP contribution is 2.26. The maximum atomic E-state index is 11.0. The summed E-state index contributed by atoms with van der Waals surface area (Å²) in [6.45, 7) is 0. The second-order valence-electron chi connectivity index (χ2n) is 2.59. The summed E-state index contributed by atoms with van der Waals surface area (Å²) in [4.78, 5) is 21.9. The van der Waals surface area contributed by atoms with Gasteiger partial charge in [0.15, 0.2) is 0 Å². The molecule has 3 nitrogen and oxygen atoms in total. The number of nitrogens with zero attached hydrogens (tertiary/aromatic N) is 1. The number of hydrogen-bond donors (Lipinski definition) is 0. The van der Waals surface area contributed by atoms with Gasteiger partial charge >= 0.3 is 0 Å². The lowest BCUT2D eigenvalue weighted by molar-refractivity contribution is -0.126. The Morgan fingerprint density at radius 1 is 1.45 bits per heavy atom. The number of allylic oxidation sites excluding steroid dienone is 3. The maximum Gasteiger partial charge on any atom is 0.276 e. The van der Waals surface area contributed by atoms with Crippen molar-refractivity contribution in [2.24, 2.45) is 5.92 Å². The van der Waals surface area contributed by atoms with Crippen LogP contribution in [0.4, 0.5) is 0 Å². The molecule has 2 rings (SSSR count). The van der Waals surface area contributed by atoms with E-state index in [-0.39, 0.29) is 17.7 Å². The molecule has 1 atom stereocenters. The minimum atomic E-state index is -0.357. The standard InChI is InChI=1S/C8H6NO2/c10-7-5-3-1-2-4-6(5)8(11)9-7/h1-3,6H,4H2. The fourth-order valence-corrected chi connectivity index (χ4v) is 1.33. The summed E-state index contributed by atoms with van der Waals surface area (Å²) >= 11 is 0. The lowest BCUT2D eigenvalue weighted by Gasteiger charge is -2.05. The molecule has 0 N–H and O–H groups in total. The SMILES string of the molecule is O=C1[N]C(=O)C2CC=CC=C12. The lowest BCUT2D eigenvalue weighted by atomic mass is 9.94. The Hall–Kier alpha value is -1.38. The van der Waals surface area contributed by atoms with Gasteiger partial charge in [-0.25, -0.2) is 0 Å². The topological polar surface area (TPSA) is 48.2 Å². The van der Waals surface area contributed by atoms with Crippen LogP contribution >= 0.6 is 0 Å². The minimum Gasteiger partial charge on any atom is -0.272 e. The molecule has 0 aromatic heterocycles. The lowest BCUT2D eigenvalue weighted by Crippen LogP contribution is -2.14. The molecule has 3 heteroatoms. The van der Waals surface area contributed by atoms with Crippen molar-refractivity contribution in [3.63, 3.8) is 0 Å². The first-order valence-electron chi connectivity index (χ1n) is 3.45. The zero-order valence-electron chi connectivity index (χ0n) is 5.78. The first kappa shape index (κ1) is 6.34. The first-order chi connectivity index (χ1) is 5.29. The molecule has 0 saturated carbocycles. The van der Waals surface area contributed by atoms with Gasteiger partial charge in [0, 0.05) is 5.57 Å². The molecule has 11 heavy (non-hydrogen) atoms. The molecule has 1 radical (unpaired) electrons. The Balaban J connectivity index is 2.42. The fraction of sp³-hybridized carbons (Fsp3) is 0.250. The highest BCUT2D eigenvalue weighted by atomic mass is 16.2. The molecule has 0 bridgehead atoms. The summed E-state index contributed by atoms with van der Waals surface area (Å²) in [5.74, 6) is -0.914. The third-order valence-corrected chi connectivity index (χ3v) is 1.92. The number of carbonyl (C=O) groups is 2. The van der Waals surface area contributed by atoms with Crippen molar-refractivity contribution in [1.82, 2.24) is 5.32 Å². The van der Waals surface area contributed by atoms with Crippen molar-refractivity contribution in [3.05, 3.63) is 23.8 Å². The Bertz CT molecular complexity index is 288. The van der Waals surface area contributed by atoms with Gasteiger partial charge in [-0.05, 0) is 6.42 Å². The van der Waals surface area contributed by atoms with E-state index in [0.717, 1.165) is 0 Å². The van der Waals surface area contributed by atoms with Crippen LogP contribution in [0.1, 0.15) is 6.42 Å². The average molecular weight is 148 g/mol. The zero-order valence-corrected chi connectivity index (χ0v) is 5.78. The molecule has 1 heterocycles. The first-order valence-corrected chi connectivity index (χ1v) is 3.45. The van der Waals surface area contributed by atoms with Crippen LogP contribution in [0.5, 0.6) is 0 Å². The van der Waals surface area contributed by atoms with Crippen LogP contribution in [0.15, 0.2) is 23.8 Å². The van der Waals surface area contributed by atoms with Crippen molar-refractivity contribution in [1.29, 1.82) is 0 Å². The monoisotopic (exact) mass is 148 g/mol. The summed E-state index contributed by atoms with van der Waals surface area (Å²) in [6, 6.07) is 0. The van der Waals surface area contributed by atoms with Crippen molar-refractivity contribution in [2.45, 2.75) is 6.42 Å². The zero-order chi connectivity index (χ0) is 7.84. The molecule has 1 aliphatic carbocycles. The fourth-order valence-electron chi connectivity index (χ4n) is 1.33. The normalized spacial score (nSPS) is 28.0. The van der Waals surface area contributed by atoms with Gasteiger partial charge < -0.3 is 0 Å². The van der Waals surface area contributed by atoms with E-state index in [1.165, 1.54) is 0 Å². The van der Waals surface area contributed by atoms with Gasteiger partial charge in [0.25, 0.3) is 11.8 Å². The molecule has 2 aliphatic rings. The van der Waals surface area contributed by atoms with Crippen LogP contribution in [-0.2, 0) is 9.59 Å². The summed E-state index contributed by atoms with van der Waals surface area (Å²) in [5, 5.41) is 3.35. The Kier molecular flexibility index (Phi) is 1.18. The molecule has 2 amide bonds. The predicted octanol–water partition coefficient (Wildman–Crippen LogP) is 0.160. The Labute approximate surface area is 63.8 Å². The number of rotatable bonds is 0. The van der Waals surface area contributed by atoms with E-state index in [9.17, 15) is 9.59 Å². The largest absolute Gasteiger partial charge is 0.276 e. The van der Waals surface area contributed by atoms with Crippen molar-refractivity contribution < 1.29 is 9.59 Å². The maximum absolute atomic E-state index is 11.0. The molecular formula is C8H6NO2. The van der Waals surface area contributed by atoms with E-state index in [4.69, 9.17) is 0 Å². The van der Waals surface area contributed by atoms with Gasteiger partial charge in [0.2, 0.25) is 0 Å². The van der Waals surface area contributed by atoms with Crippen LogP contribution in [0.2, 0.25) is 0 Å². The van der Waals surface area contributed by atoms with Crippen molar-refractivity contribution in [3.8, 4) is 0 Å². The highest BCUT2D eigenvalue weighted by molar-refractivity contribution is 6.14. The number of carbonyl (C=O) groups excluding carboxylic acids is 2. The Morgan fingerprint density at radius 3 is 3.00 bits per heavy atom. The molecule has 1 saturated heterocycles. The van der Waals surface area contributed by atoms with Gasteiger partial charge in [0.05, 0.1) is 5.92 Å². The van der Waals surface area contributed by atoms with Gasteiger partial charge in [-0.2, -0.15) is 5.32 Å². The molecule has 1 unspecified atom stereocenters. The molecule has 0 aromatic rings. The third-order valence-electron chi connectivity index (χ3n) is 1.92. The molecular weight excluding hydrogens is 142 g/mol. The van der Waals surface area contributed by atoms with E-state index in [1.54, 1.807) is 12.2 Å². The van der Waals surface area contributed by atoms with E-state index < -0.39 is 0 Å². The number of imide groups is 1. The van der Waals surface area contributed by atoms with Crippen molar-refractivity contribution >= 4 is 11.8 Å². The Morgan fingerprint density at radius 2 is 2.27 bits per heavy atom. The summed E-state index contributed by atoms with van der Waals surface area (Å²) in [7, 11) is 0. The third kappa shape index (κ3) is 0.808. The van der Waals surface area contributed by atoms with Crippen LogP contribution in [-0.4, -0.2) is 11.8 Å². The van der Waals surface area contributed by atoms with E-state index >= 15 is 0 Å². The van der Waals surface area contributed by atoms with Crippen LogP contribution in [0.3, 0.4) is 0 Å². The number of fused-ring (bicyclic) bond motifs is 1. The number of hydrogen-bond acceptors (Lipinski definition) is 2. The molecule has 0 spiro atoms. The van der Waals surface area contributed by atoms with Gasteiger partial charge in [-0.3, -0.25) is 9.59 Å². The van der Waals surface area contributed by atoms with E-state index in [1.807, 2.05) is 6.08 Å². The minimum absolute atomic E-state index is 0.271. The van der Waals surface area contributed by atoms with Gasteiger partial charge in [0.1, 0.15) is 0 Å². The number of amides is 2. The second-order valence-corrected chi connectivity index (χ2v) is 2.59. The average Bonchev–Trinajstić information content (AvgIpc) is 2.30. The summed E-state index contributed by atoms with van der Waals surface area (Å²) < 4.78 is 0.